The lowest BCUT2D eigenvalue weighted by Gasteiger charge is -2.41. The van der Waals surface area contributed by atoms with E-state index in [0.29, 0.717) is 22.0 Å². The molecule has 0 bridgehead atoms. The summed E-state index contributed by atoms with van der Waals surface area (Å²) >= 11 is 0. The molecule has 0 aromatic rings. The van der Waals surface area contributed by atoms with E-state index in [2.05, 4.69) is 26.1 Å². The molecule has 18 heavy (non-hydrogen) atoms. The Kier molecular flexibility index (Phi) is 4.87. The minimum Gasteiger partial charge on any atom is -0.313 e. The fraction of sp³-hybridized carbons (Fsp3) is 1.00. The Labute approximate surface area is 115 Å². The van der Waals surface area contributed by atoms with Crippen LogP contribution in [0, 0.1) is 5.41 Å². The topological polar surface area (TPSA) is 29.1 Å². The largest absolute Gasteiger partial charge is 0.313 e. The van der Waals surface area contributed by atoms with Crippen molar-refractivity contribution in [1.29, 1.82) is 0 Å². The SMILES string of the molecule is CCNC1CCC(C)(C)CC1S(=O)C1CCCC1. The molecule has 0 aliphatic heterocycles. The smallest absolute Gasteiger partial charge is 0.0509 e. The molecule has 0 spiro atoms. The van der Waals surface area contributed by atoms with Crippen molar-refractivity contribution in [2.45, 2.75) is 82.3 Å². The van der Waals surface area contributed by atoms with Crippen LogP contribution in [-0.2, 0) is 10.8 Å². The van der Waals surface area contributed by atoms with E-state index in [0.717, 1.165) is 13.0 Å². The second-order valence-electron chi connectivity index (χ2n) is 6.84. The van der Waals surface area contributed by atoms with Crippen molar-refractivity contribution in [2.75, 3.05) is 6.54 Å². The Morgan fingerprint density at radius 1 is 1.22 bits per heavy atom. The van der Waals surface area contributed by atoms with Crippen molar-refractivity contribution in [3.8, 4) is 0 Å². The maximum Gasteiger partial charge on any atom is 0.0509 e. The van der Waals surface area contributed by atoms with Crippen LogP contribution in [0.4, 0.5) is 0 Å². The molecule has 2 nitrogen and oxygen atoms in total. The summed E-state index contributed by atoms with van der Waals surface area (Å²) in [5.41, 5.74) is 0.380. The molecule has 1 N–H and O–H groups in total. The molecular weight excluding hydrogens is 242 g/mol. The Morgan fingerprint density at radius 3 is 2.50 bits per heavy atom. The van der Waals surface area contributed by atoms with Crippen molar-refractivity contribution < 1.29 is 4.21 Å². The highest BCUT2D eigenvalue weighted by Crippen LogP contribution is 2.39. The summed E-state index contributed by atoms with van der Waals surface area (Å²) in [7, 11) is -0.622. The summed E-state index contributed by atoms with van der Waals surface area (Å²) in [6, 6.07) is 0.490. The van der Waals surface area contributed by atoms with Crippen LogP contribution < -0.4 is 5.32 Å². The van der Waals surface area contributed by atoms with Crippen LogP contribution in [0.1, 0.15) is 65.7 Å². The van der Waals surface area contributed by atoms with Crippen LogP contribution in [0.3, 0.4) is 0 Å². The molecule has 0 saturated heterocycles. The Hall–Kier alpha value is 0.110. The van der Waals surface area contributed by atoms with Crippen molar-refractivity contribution in [1.82, 2.24) is 5.32 Å². The van der Waals surface area contributed by atoms with E-state index in [-0.39, 0.29) is 0 Å². The minimum atomic E-state index is -0.622. The van der Waals surface area contributed by atoms with Gasteiger partial charge in [-0.2, -0.15) is 0 Å². The van der Waals surface area contributed by atoms with Crippen LogP contribution in [0.15, 0.2) is 0 Å². The van der Waals surface area contributed by atoms with Gasteiger partial charge in [0.25, 0.3) is 0 Å². The Balaban J connectivity index is 2.06. The predicted molar refractivity (Wildman–Crippen MR) is 79.3 cm³/mol. The van der Waals surface area contributed by atoms with Gasteiger partial charge < -0.3 is 5.32 Å². The normalized spacial score (nSPS) is 34.6. The van der Waals surface area contributed by atoms with Gasteiger partial charge in [-0.1, -0.05) is 33.6 Å². The predicted octanol–water partition coefficient (Wildman–Crippen LogP) is 3.23. The van der Waals surface area contributed by atoms with E-state index in [1.807, 2.05) is 0 Å². The molecule has 2 saturated carbocycles. The summed E-state index contributed by atoms with van der Waals surface area (Å²) in [6.07, 6.45) is 8.57. The summed E-state index contributed by atoms with van der Waals surface area (Å²) in [5.74, 6) is 0. The first-order chi connectivity index (χ1) is 8.53. The third-order valence-electron chi connectivity index (χ3n) is 4.73. The monoisotopic (exact) mass is 271 g/mol. The average Bonchev–Trinajstić information content (AvgIpc) is 2.84. The van der Waals surface area contributed by atoms with Gasteiger partial charge in [0.15, 0.2) is 0 Å². The molecule has 3 unspecified atom stereocenters. The maximum absolute atomic E-state index is 12.8. The summed E-state index contributed by atoms with van der Waals surface area (Å²) < 4.78 is 12.8. The molecule has 0 aromatic heterocycles. The lowest BCUT2D eigenvalue weighted by Crippen LogP contribution is -2.49. The number of nitrogens with one attached hydrogen (secondary N) is 1. The van der Waals surface area contributed by atoms with Crippen molar-refractivity contribution in [3.63, 3.8) is 0 Å². The van der Waals surface area contributed by atoms with Crippen molar-refractivity contribution in [2.24, 2.45) is 5.41 Å². The molecule has 2 aliphatic rings. The molecule has 2 aliphatic carbocycles. The van der Waals surface area contributed by atoms with E-state index >= 15 is 0 Å². The van der Waals surface area contributed by atoms with Gasteiger partial charge in [0.2, 0.25) is 0 Å². The van der Waals surface area contributed by atoms with Gasteiger partial charge in [-0.05, 0) is 44.1 Å². The van der Waals surface area contributed by atoms with Gasteiger partial charge >= 0.3 is 0 Å². The highest BCUT2D eigenvalue weighted by atomic mass is 32.2. The third kappa shape index (κ3) is 3.36. The second-order valence-corrected chi connectivity index (χ2v) is 8.77. The number of hydrogen-bond acceptors (Lipinski definition) is 2. The number of hydrogen-bond donors (Lipinski definition) is 1. The first-order valence-electron chi connectivity index (χ1n) is 7.66. The zero-order chi connectivity index (χ0) is 13.2. The average molecular weight is 271 g/mol. The van der Waals surface area contributed by atoms with Crippen LogP contribution in [0.5, 0.6) is 0 Å². The molecule has 0 radical (unpaired) electrons. The Morgan fingerprint density at radius 2 is 1.89 bits per heavy atom. The van der Waals surface area contributed by atoms with Gasteiger partial charge in [0, 0.05) is 22.1 Å². The van der Waals surface area contributed by atoms with Crippen LogP contribution in [0.2, 0.25) is 0 Å². The lowest BCUT2D eigenvalue weighted by atomic mass is 9.75. The highest BCUT2D eigenvalue weighted by Gasteiger charge is 2.40. The third-order valence-corrected chi connectivity index (χ3v) is 6.95. The zero-order valence-electron chi connectivity index (χ0n) is 12.2. The fourth-order valence-electron chi connectivity index (χ4n) is 3.63. The van der Waals surface area contributed by atoms with Crippen molar-refractivity contribution >= 4 is 10.8 Å². The molecule has 0 amide bonds. The fourth-order valence-corrected chi connectivity index (χ4v) is 6.09. The summed E-state index contributed by atoms with van der Waals surface area (Å²) in [4.78, 5) is 0. The first kappa shape index (κ1) is 14.5. The quantitative estimate of drug-likeness (QED) is 0.850. The van der Waals surface area contributed by atoms with Gasteiger partial charge in [-0.15, -0.1) is 0 Å². The van der Waals surface area contributed by atoms with Gasteiger partial charge in [0.1, 0.15) is 0 Å². The van der Waals surface area contributed by atoms with Crippen LogP contribution >= 0.6 is 0 Å². The highest BCUT2D eigenvalue weighted by molar-refractivity contribution is 7.86. The molecule has 106 valence electrons. The molecule has 2 rings (SSSR count). The summed E-state index contributed by atoms with van der Waals surface area (Å²) in [5, 5.41) is 4.46. The minimum absolute atomic E-state index is 0.380. The molecule has 3 heteroatoms. The van der Waals surface area contributed by atoms with Crippen LogP contribution in [0.25, 0.3) is 0 Å². The molecular formula is C15H29NOS. The van der Waals surface area contributed by atoms with Crippen molar-refractivity contribution in [3.05, 3.63) is 0 Å². The van der Waals surface area contributed by atoms with E-state index < -0.39 is 10.8 Å². The standard InChI is InChI=1S/C15H29NOS/c1-4-16-13-9-10-15(2,3)11-14(13)18(17)12-7-5-6-8-12/h12-14,16H,4-11H2,1-3H3. The molecule has 0 heterocycles. The van der Waals surface area contributed by atoms with E-state index in [9.17, 15) is 4.21 Å². The molecule has 2 fully saturated rings. The number of rotatable bonds is 4. The zero-order valence-corrected chi connectivity index (χ0v) is 13.0. The molecule has 3 atom stereocenters. The maximum atomic E-state index is 12.8. The van der Waals surface area contributed by atoms with Gasteiger partial charge in [-0.3, -0.25) is 4.21 Å². The van der Waals surface area contributed by atoms with Crippen LogP contribution in [-0.4, -0.2) is 27.3 Å². The van der Waals surface area contributed by atoms with E-state index in [4.69, 9.17) is 0 Å². The Bertz CT molecular complexity index is 297. The first-order valence-corrected chi connectivity index (χ1v) is 8.94. The van der Waals surface area contributed by atoms with E-state index in [1.165, 1.54) is 38.5 Å². The lowest BCUT2D eigenvalue weighted by molar-refractivity contribution is 0.212. The summed E-state index contributed by atoms with van der Waals surface area (Å²) in [6.45, 7) is 7.85. The van der Waals surface area contributed by atoms with Gasteiger partial charge in [0.05, 0.1) is 5.25 Å². The second kappa shape index (κ2) is 6.04. The molecule has 0 aromatic carbocycles. The van der Waals surface area contributed by atoms with E-state index in [1.54, 1.807) is 0 Å². The van der Waals surface area contributed by atoms with Gasteiger partial charge in [-0.25, -0.2) is 0 Å².